The Morgan fingerprint density at radius 3 is 2.48 bits per heavy atom. The molecule has 0 aliphatic rings. The number of carboxylic acid groups (broad SMARTS) is 1. The number of carbonyl (C=O) groups is 2. The van der Waals surface area contributed by atoms with E-state index in [0.717, 1.165) is 11.1 Å². The zero-order valence-electron chi connectivity index (χ0n) is 13.2. The first-order valence-corrected chi connectivity index (χ1v) is 8.22. The highest BCUT2D eigenvalue weighted by atomic mass is 32.1. The molecule has 126 valence electrons. The third kappa shape index (κ3) is 3.84. The van der Waals surface area contributed by atoms with E-state index in [-0.39, 0.29) is 11.7 Å². The van der Waals surface area contributed by atoms with Crippen molar-refractivity contribution < 1.29 is 19.1 Å². The van der Waals surface area contributed by atoms with Gasteiger partial charge in [-0.3, -0.25) is 4.79 Å². The number of amides is 1. The molecule has 0 atom stereocenters. The first-order valence-electron chi connectivity index (χ1n) is 7.35. The smallest absolute Gasteiger partial charge is 0.281 e. The van der Waals surface area contributed by atoms with E-state index < -0.39 is 5.97 Å². The fourth-order valence-electron chi connectivity index (χ4n) is 2.14. The minimum absolute atomic E-state index is 0.215. The van der Waals surface area contributed by atoms with E-state index in [4.69, 9.17) is 4.42 Å². The topological polar surface area (TPSA) is 94.7 Å². The van der Waals surface area contributed by atoms with Gasteiger partial charge in [0, 0.05) is 5.56 Å². The summed E-state index contributed by atoms with van der Waals surface area (Å²) >= 11 is 1.34. The molecule has 0 aliphatic heterocycles. The number of nitrogens with one attached hydrogen (secondary N) is 1. The molecule has 3 rings (SSSR count). The van der Waals surface area contributed by atoms with Crippen LogP contribution in [0.4, 0.5) is 0 Å². The van der Waals surface area contributed by atoms with Gasteiger partial charge in [-0.15, -0.1) is 11.3 Å². The Kier molecular flexibility index (Phi) is 4.76. The maximum absolute atomic E-state index is 11.9. The van der Waals surface area contributed by atoms with Gasteiger partial charge in [-0.05, 0) is 36.1 Å². The maximum atomic E-state index is 11.9. The van der Waals surface area contributed by atoms with Crippen molar-refractivity contribution in [3.63, 3.8) is 0 Å². The lowest BCUT2D eigenvalue weighted by atomic mass is 10.1. The third-order valence-electron chi connectivity index (χ3n) is 3.46. The molecule has 0 saturated heterocycles. The Labute approximate surface area is 147 Å². The van der Waals surface area contributed by atoms with Crippen molar-refractivity contribution in [3.8, 4) is 11.3 Å². The van der Waals surface area contributed by atoms with E-state index in [1.54, 1.807) is 37.3 Å². The normalized spacial score (nSPS) is 11.3. The van der Waals surface area contributed by atoms with Gasteiger partial charge in [-0.1, -0.05) is 30.3 Å². The van der Waals surface area contributed by atoms with Gasteiger partial charge < -0.3 is 14.3 Å². The fraction of sp³-hybridized carbons (Fsp3) is 0.0556. The highest BCUT2D eigenvalue weighted by Crippen LogP contribution is 2.22. The van der Waals surface area contributed by atoms with E-state index in [0.29, 0.717) is 16.3 Å². The largest absolute Gasteiger partial charge is 0.542 e. The van der Waals surface area contributed by atoms with Crippen molar-refractivity contribution in [2.24, 2.45) is 5.10 Å². The van der Waals surface area contributed by atoms with E-state index in [1.807, 2.05) is 17.5 Å². The number of nitrogens with zero attached hydrogens (tertiary/aromatic N) is 1. The molecule has 1 amide bonds. The zero-order valence-corrected chi connectivity index (χ0v) is 14.0. The van der Waals surface area contributed by atoms with Gasteiger partial charge in [0.15, 0.2) is 0 Å². The summed E-state index contributed by atoms with van der Waals surface area (Å²) in [4.78, 5) is 23.2. The van der Waals surface area contributed by atoms with Crippen LogP contribution in [-0.2, 0) is 0 Å². The molecule has 0 aliphatic carbocycles. The summed E-state index contributed by atoms with van der Waals surface area (Å²) in [6.07, 6.45) is 0. The third-order valence-corrected chi connectivity index (χ3v) is 4.33. The quantitative estimate of drug-likeness (QED) is 0.563. The van der Waals surface area contributed by atoms with Gasteiger partial charge in [0.1, 0.15) is 17.5 Å². The van der Waals surface area contributed by atoms with E-state index in [9.17, 15) is 14.7 Å². The van der Waals surface area contributed by atoms with Crippen LogP contribution in [-0.4, -0.2) is 17.6 Å². The molecule has 6 nitrogen and oxygen atoms in total. The van der Waals surface area contributed by atoms with Crippen LogP contribution in [0.3, 0.4) is 0 Å². The summed E-state index contributed by atoms with van der Waals surface area (Å²) in [7, 11) is 0. The van der Waals surface area contributed by atoms with Crippen LogP contribution in [0.5, 0.6) is 0 Å². The molecule has 0 unspecified atom stereocenters. The highest BCUT2D eigenvalue weighted by molar-refractivity contribution is 7.12. The Morgan fingerprint density at radius 2 is 1.88 bits per heavy atom. The van der Waals surface area contributed by atoms with Crippen LogP contribution in [0.2, 0.25) is 0 Å². The summed E-state index contributed by atoms with van der Waals surface area (Å²) in [5.41, 5.74) is 4.71. The first-order chi connectivity index (χ1) is 12.0. The molecule has 0 spiro atoms. The molecule has 0 saturated carbocycles. The van der Waals surface area contributed by atoms with Crippen LogP contribution >= 0.6 is 11.3 Å². The Morgan fingerprint density at radius 1 is 1.12 bits per heavy atom. The lowest BCUT2D eigenvalue weighted by Gasteiger charge is -2.04. The molecule has 0 fully saturated rings. The number of hydrazone groups is 1. The number of aromatic carboxylic acids is 1. The van der Waals surface area contributed by atoms with Crippen molar-refractivity contribution >= 4 is 28.9 Å². The Balaban J connectivity index is 1.71. The second-order valence-corrected chi connectivity index (χ2v) is 6.09. The van der Waals surface area contributed by atoms with Crippen molar-refractivity contribution in [3.05, 3.63) is 70.1 Å². The van der Waals surface area contributed by atoms with Gasteiger partial charge in [-0.25, -0.2) is 5.43 Å². The van der Waals surface area contributed by atoms with Crippen molar-refractivity contribution in [2.45, 2.75) is 6.92 Å². The molecule has 7 heteroatoms. The number of rotatable bonds is 5. The average molecular weight is 353 g/mol. The second kappa shape index (κ2) is 7.14. The molecule has 0 bridgehead atoms. The molecule has 1 aromatic carbocycles. The molecule has 3 aromatic rings. The SMILES string of the molecule is C/C(=N/NC(=O)c1cccs1)c1ccc(-c2ccc(C(=O)[O-])o2)cc1. The van der Waals surface area contributed by atoms with Gasteiger partial charge in [0.2, 0.25) is 0 Å². The lowest BCUT2D eigenvalue weighted by molar-refractivity contribution is -0.257. The minimum atomic E-state index is -1.35. The monoisotopic (exact) mass is 353 g/mol. The average Bonchev–Trinajstić information content (AvgIpc) is 3.31. The summed E-state index contributed by atoms with van der Waals surface area (Å²) in [5.74, 6) is -1.39. The molecular weight excluding hydrogens is 340 g/mol. The lowest BCUT2D eigenvalue weighted by Crippen LogP contribution is -2.21. The van der Waals surface area contributed by atoms with E-state index >= 15 is 0 Å². The number of hydrogen-bond donors (Lipinski definition) is 1. The minimum Gasteiger partial charge on any atom is -0.542 e. The Bertz CT molecular complexity index is 924. The van der Waals surface area contributed by atoms with Crippen LogP contribution in [0.1, 0.15) is 32.7 Å². The number of benzene rings is 1. The number of hydrogen-bond acceptors (Lipinski definition) is 6. The van der Waals surface area contributed by atoms with Crippen molar-refractivity contribution in [1.82, 2.24) is 5.43 Å². The van der Waals surface area contributed by atoms with Gasteiger partial charge in [0.05, 0.1) is 10.6 Å². The van der Waals surface area contributed by atoms with Crippen molar-refractivity contribution in [2.75, 3.05) is 0 Å². The fourth-order valence-corrected chi connectivity index (χ4v) is 2.75. The zero-order chi connectivity index (χ0) is 17.8. The number of carboxylic acids is 1. The predicted octanol–water partition coefficient (Wildman–Crippen LogP) is 2.53. The molecule has 1 N–H and O–H groups in total. The Hall–Kier alpha value is -3.19. The molecule has 0 radical (unpaired) electrons. The second-order valence-electron chi connectivity index (χ2n) is 5.14. The van der Waals surface area contributed by atoms with Gasteiger partial charge >= 0.3 is 0 Å². The van der Waals surface area contributed by atoms with Gasteiger partial charge in [-0.2, -0.15) is 5.10 Å². The highest BCUT2D eigenvalue weighted by Gasteiger charge is 2.07. The summed E-state index contributed by atoms with van der Waals surface area (Å²) < 4.78 is 5.20. The standard InChI is InChI=1S/C18H14N2O4S/c1-11(19-20-17(21)16-3-2-10-25-16)12-4-6-13(7-5-12)14-8-9-15(24-14)18(22)23/h2-10H,1H3,(H,20,21)(H,22,23)/p-1/b19-11-. The van der Waals surface area contributed by atoms with Crippen molar-refractivity contribution in [1.29, 1.82) is 0 Å². The van der Waals surface area contributed by atoms with Crippen LogP contribution in [0, 0.1) is 0 Å². The van der Waals surface area contributed by atoms with E-state index in [1.165, 1.54) is 17.4 Å². The molecule has 25 heavy (non-hydrogen) atoms. The summed E-state index contributed by atoms with van der Waals surface area (Å²) in [5, 5.41) is 16.7. The summed E-state index contributed by atoms with van der Waals surface area (Å²) in [6.45, 7) is 1.78. The van der Waals surface area contributed by atoms with E-state index in [2.05, 4.69) is 10.5 Å². The first kappa shape index (κ1) is 16.7. The molecule has 2 heterocycles. The number of thiophene rings is 1. The number of carbonyl (C=O) groups excluding carboxylic acids is 2. The number of furan rings is 1. The maximum Gasteiger partial charge on any atom is 0.281 e. The predicted molar refractivity (Wildman–Crippen MR) is 92.5 cm³/mol. The molecule has 2 aromatic heterocycles. The van der Waals surface area contributed by atoms with Crippen LogP contribution < -0.4 is 10.5 Å². The molecular formula is C18H13N2O4S-. The summed E-state index contributed by atoms with van der Waals surface area (Å²) in [6, 6.07) is 13.6. The van der Waals surface area contributed by atoms with Crippen LogP contribution in [0.15, 0.2) is 63.4 Å². The van der Waals surface area contributed by atoms with Crippen LogP contribution in [0.25, 0.3) is 11.3 Å². The van der Waals surface area contributed by atoms with Gasteiger partial charge in [0.25, 0.3) is 5.91 Å².